The lowest BCUT2D eigenvalue weighted by atomic mass is 10.1. The Morgan fingerprint density at radius 2 is 1.87 bits per heavy atom. The van der Waals surface area contributed by atoms with E-state index in [1.165, 1.54) is 14.0 Å². The first-order chi connectivity index (χ1) is 7.13. The highest BCUT2D eigenvalue weighted by Gasteiger charge is 1.98. The summed E-state index contributed by atoms with van der Waals surface area (Å²) in [6.07, 6.45) is 1.09. The molecular formula is C11H11NO3. The number of nitrogens with zero attached hydrogens (tertiary/aromatic N) is 1. The highest BCUT2D eigenvalue weighted by atomic mass is 16.5. The lowest BCUT2D eigenvalue weighted by molar-refractivity contribution is -0.132. The molecule has 0 heterocycles. The van der Waals surface area contributed by atoms with Gasteiger partial charge in [0.1, 0.15) is 6.21 Å². The minimum atomic E-state index is -0.509. The van der Waals surface area contributed by atoms with Gasteiger partial charge in [-0.3, -0.25) is 4.79 Å². The van der Waals surface area contributed by atoms with E-state index in [0.29, 0.717) is 11.3 Å². The summed E-state index contributed by atoms with van der Waals surface area (Å²) in [6, 6.07) is 6.64. The van der Waals surface area contributed by atoms with Gasteiger partial charge >= 0.3 is 5.97 Å². The van der Waals surface area contributed by atoms with Gasteiger partial charge in [0.2, 0.25) is 0 Å². The van der Waals surface area contributed by atoms with Gasteiger partial charge < -0.3 is 4.74 Å². The van der Waals surface area contributed by atoms with Gasteiger partial charge in [-0.05, 0) is 31.2 Å². The predicted molar refractivity (Wildman–Crippen MR) is 56.6 cm³/mol. The van der Waals surface area contributed by atoms with Gasteiger partial charge in [0.15, 0.2) is 5.78 Å². The first-order valence-corrected chi connectivity index (χ1v) is 4.36. The van der Waals surface area contributed by atoms with Gasteiger partial charge in [0.25, 0.3) is 0 Å². The monoisotopic (exact) mass is 205 g/mol. The molecular weight excluding hydrogens is 194 g/mol. The van der Waals surface area contributed by atoms with Crippen molar-refractivity contribution in [2.24, 2.45) is 4.99 Å². The highest BCUT2D eigenvalue weighted by molar-refractivity contribution is 6.23. The van der Waals surface area contributed by atoms with E-state index in [9.17, 15) is 9.59 Å². The number of carbonyl (C=O) groups is 2. The molecule has 78 valence electrons. The molecule has 0 aromatic heterocycles. The minimum Gasteiger partial charge on any atom is -0.465 e. The number of esters is 1. The number of hydrogen-bond donors (Lipinski definition) is 0. The summed E-state index contributed by atoms with van der Waals surface area (Å²) in [6.45, 7) is 1.49. The molecule has 4 nitrogen and oxygen atoms in total. The summed E-state index contributed by atoms with van der Waals surface area (Å²) < 4.78 is 4.39. The number of ether oxygens (including phenoxy) is 1. The highest BCUT2D eigenvalue weighted by Crippen LogP contribution is 2.12. The number of aliphatic imine (C=N–C) groups is 1. The summed E-state index contributed by atoms with van der Waals surface area (Å²) in [4.78, 5) is 25.6. The summed E-state index contributed by atoms with van der Waals surface area (Å²) in [5.41, 5.74) is 1.22. The third-order valence-corrected chi connectivity index (χ3v) is 1.79. The maximum Gasteiger partial charge on any atom is 0.349 e. The SMILES string of the molecule is COC(=O)C=Nc1ccc(C(C)=O)cc1. The van der Waals surface area contributed by atoms with E-state index < -0.39 is 5.97 Å². The third kappa shape index (κ3) is 3.34. The number of Topliss-reactive ketones (excluding diaryl/α,β-unsaturated/α-hetero) is 1. The van der Waals surface area contributed by atoms with Crippen molar-refractivity contribution in [2.75, 3.05) is 7.11 Å². The molecule has 0 aliphatic carbocycles. The van der Waals surface area contributed by atoms with Gasteiger partial charge in [-0.2, -0.15) is 0 Å². The summed E-state index contributed by atoms with van der Waals surface area (Å²) in [5.74, 6) is -0.510. The fourth-order valence-electron chi connectivity index (χ4n) is 0.962. The second-order valence-corrected chi connectivity index (χ2v) is 2.88. The van der Waals surface area contributed by atoms with Gasteiger partial charge in [-0.15, -0.1) is 0 Å². The summed E-state index contributed by atoms with van der Waals surface area (Å²) in [7, 11) is 1.28. The van der Waals surface area contributed by atoms with Crippen LogP contribution in [0.1, 0.15) is 17.3 Å². The molecule has 0 aliphatic rings. The van der Waals surface area contributed by atoms with Crippen molar-refractivity contribution in [3.05, 3.63) is 29.8 Å². The van der Waals surface area contributed by atoms with Gasteiger partial charge in [0.05, 0.1) is 12.8 Å². The van der Waals surface area contributed by atoms with Crippen molar-refractivity contribution in [2.45, 2.75) is 6.92 Å². The normalized spacial score (nSPS) is 10.3. The van der Waals surface area contributed by atoms with E-state index in [-0.39, 0.29) is 5.78 Å². The molecule has 4 heteroatoms. The van der Waals surface area contributed by atoms with Crippen LogP contribution in [0, 0.1) is 0 Å². The predicted octanol–water partition coefficient (Wildman–Crippen LogP) is 1.76. The molecule has 1 aromatic rings. The van der Waals surface area contributed by atoms with E-state index in [0.717, 1.165) is 6.21 Å². The van der Waals surface area contributed by atoms with E-state index in [4.69, 9.17) is 0 Å². The molecule has 0 fully saturated rings. The van der Waals surface area contributed by atoms with Gasteiger partial charge in [-0.1, -0.05) is 0 Å². The van der Waals surface area contributed by atoms with Crippen LogP contribution < -0.4 is 0 Å². The fourth-order valence-corrected chi connectivity index (χ4v) is 0.962. The Hall–Kier alpha value is -1.97. The minimum absolute atomic E-state index is 0.00139. The van der Waals surface area contributed by atoms with Crippen LogP contribution in [0.15, 0.2) is 29.3 Å². The molecule has 1 rings (SSSR count). The van der Waals surface area contributed by atoms with Crippen molar-refractivity contribution in [1.29, 1.82) is 0 Å². The number of methoxy groups -OCH3 is 1. The zero-order valence-electron chi connectivity index (χ0n) is 8.56. The first kappa shape index (κ1) is 11.1. The van der Waals surface area contributed by atoms with E-state index in [1.54, 1.807) is 24.3 Å². The maximum absolute atomic E-state index is 11.0. The molecule has 0 radical (unpaired) electrons. The van der Waals surface area contributed by atoms with Crippen molar-refractivity contribution in [3.63, 3.8) is 0 Å². The Kier molecular flexibility index (Phi) is 3.74. The number of hydrogen-bond acceptors (Lipinski definition) is 4. The molecule has 0 unspecified atom stereocenters. The Labute approximate surface area is 87.6 Å². The molecule has 0 aliphatic heterocycles. The standard InChI is InChI=1S/C11H11NO3/c1-8(13)9-3-5-10(6-4-9)12-7-11(14)15-2/h3-7H,1-2H3. The molecule has 0 atom stereocenters. The first-order valence-electron chi connectivity index (χ1n) is 4.36. The zero-order valence-corrected chi connectivity index (χ0v) is 8.56. The second kappa shape index (κ2) is 5.05. The van der Waals surface area contributed by atoms with Crippen LogP contribution in [-0.4, -0.2) is 25.1 Å². The van der Waals surface area contributed by atoms with Crippen molar-refractivity contribution in [1.82, 2.24) is 0 Å². The number of rotatable bonds is 3. The lowest BCUT2D eigenvalue weighted by Gasteiger charge is -1.96. The van der Waals surface area contributed by atoms with Crippen molar-refractivity contribution in [3.8, 4) is 0 Å². The Balaban J connectivity index is 2.77. The molecule has 0 saturated carbocycles. The third-order valence-electron chi connectivity index (χ3n) is 1.79. The smallest absolute Gasteiger partial charge is 0.349 e. The van der Waals surface area contributed by atoms with Crippen LogP contribution in [0.2, 0.25) is 0 Å². The summed E-state index contributed by atoms with van der Waals surface area (Å²) >= 11 is 0. The van der Waals surface area contributed by atoms with Crippen LogP contribution in [0.5, 0.6) is 0 Å². The molecule has 0 amide bonds. The molecule has 0 N–H and O–H groups in total. The maximum atomic E-state index is 11.0. The molecule has 1 aromatic carbocycles. The van der Waals surface area contributed by atoms with Crippen LogP contribution >= 0.6 is 0 Å². The number of ketones is 1. The van der Waals surface area contributed by atoms with Crippen LogP contribution in [0.3, 0.4) is 0 Å². The number of carbonyl (C=O) groups excluding carboxylic acids is 2. The number of benzene rings is 1. The quantitative estimate of drug-likeness (QED) is 0.429. The van der Waals surface area contributed by atoms with E-state index in [2.05, 4.69) is 9.73 Å². The topological polar surface area (TPSA) is 55.7 Å². The van der Waals surface area contributed by atoms with Crippen molar-refractivity contribution >= 4 is 23.7 Å². The largest absolute Gasteiger partial charge is 0.465 e. The van der Waals surface area contributed by atoms with Crippen LogP contribution in [0.25, 0.3) is 0 Å². The van der Waals surface area contributed by atoms with Gasteiger partial charge in [0, 0.05) is 5.56 Å². The van der Waals surface area contributed by atoms with E-state index in [1.807, 2.05) is 0 Å². The lowest BCUT2D eigenvalue weighted by Crippen LogP contribution is -2.00. The Bertz CT molecular complexity index is 393. The molecule has 0 bridgehead atoms. The van der Waals surface area contributed by atoms with E-state index >= 15 is 0 Å². The zero-order chi connectivity index (χ0) is 11.3. The molecule has 0 saturated heterocycles. The Morgan fingerprint density at radius 1 is 1.27 bits per heavy atom. The second-order valence-electron chi connectivity index (χ2n) is 2.88. The molecule has 0 spiro atoms. The average Bonchev–Trinajstić information content (AvgIpc) is 2.26. The van der Waals surface area contributed by atoms with Crippen LogP contribution in [0.4, 0.5) is 5.69 Å². The van der Waals surface area contributed by atoms with Crippen LogP contribution in [-0.2, 0) is 9.53 Å². The van der Waals surface area contributed by atoms with Crippen molar-refractivity contribution < 1.29 is 14.3 Å². The fraction of sp³-hybridized carbons (Fsp3) is 0.182. The van der Waals surface area contributed by atoms with Gasteiger partial charge in [-0.25, -0.2) is 9.79 Å². The molecule has 15 heavy (non-hydrogen) atoms. The summed E-state index contributed by atoms with van der Waals surface area (Å²) in [5, 5.41) is 0. The Morgan fingerprint density at radius 3 is 2.33 bits per heavy atom. The average molecular weight is 205 g/mol.